The van der Waals surface area contributed by atoms with Gasteiger partial charge in [0.25, 0.3) is 0 Å². The molecule has 0 saturated heterocycles. The van der Waals surface area contributed by atoms with Crippen LogP contribution in [0.3, 0.4) is 0 Å². The van der Waals surface area contributed by atoms with Crippen LogP contribution in [0, 0.1) is 11.3 Å². The molecule has 108 valence electrons. The summed E-state index contributed by atoms with van der Waals surface area (Å²) in [4.78, 5) is 3.87. The van der Waals surface area contributed by atoms with Crippen LogP contribution in [-0.4, -0.2) is 25.0 Å². The molecule has 1 aliphatic carbocycles. The number of hydrogen-bond donors (Lipinski definition) is 1. The van der Waals surface area contributed by atoms with Crippen LogP contribution in [0.5, 0.6) is 0 Å². The Morgan fingerprint density at radius 3 is 2.95 bits per heavy atom. The number of rotatable bonds is 5. The highest BCUT2D eigenvalue weighted by atomic mass is 79.9. The Labute approximate surface area is 129 Å². The highest BCUT2D eigenvalue weighted by molar-refractivity contribution is 9.10. The molecule has 0 amide bonds. The van der Waals surface area contributed by atoms with E-state index in [1.807, 2.05) is 11.3 Å². The Hall–Kier alpha value is 0.1000. The van der Waals surface area contributed by atoms with Crippen molar-refractivity contribution < 1.29 is 0 Å². The molecule has 1 aromatic rings. The largest absolute Gasteiger partial charge is 0.330 e. The van der Waals surface area contributed by atoms with Crippen LogP contribution in [0.15, 0.2) is 15.9 Å². The van der Waals surface area contributed by atoms with Crippen LogP contribution in [0.4, 0.5) is 0 Å². The van der Waals surface area contributed by atoms with Gasteiger partial charge in [-0.25, -0.2) is 0 Å². The normalized spacial score (nSPS) is 27.9. The monoisotopic (exact) mass is 344 g/mol. The molecule has 1 fully saturated rings. The Kier molecular flexibility index (Phi) is 5.46. The summed E-state index contributed by atoms with van der Waals surface area (Å²) in [7, 11) is 2.23. The topological polar surface area (TPSA) is 29.3 Å². The van der Waals surface area contributed by atoms with Gasteiger partial charge in [-0.15, -0.1) is 11.3 Å². The second-order valence-electron chi connectivity index (χ2n) is 6.31. The Balaban J connectivity index is 1.93. The summed E-state index contributed by atoms with van der Waals surface area (Å²) in [6.45, 7) is 5.37. The van der Waals surface area contributed by atoms with Crippen LogP contribution < -0.4 is 5.73 Å². The smallest absolute Gasteiger partial charge is 0.0325 e. The van der Waals surface area contributed by atoms with Gasteiger partial charge in [-0.05, 0) is 59.8 Å². The predicted molar refractivity (Wildman–Crippen MR) is 87.5 cm³/mol. The molecule has 2 atom stereocenters. The van der Waals surface area contributed by atoms with Gasteiger partial charge in [0.2, 0.25) is 0 Å². The number of thiophene rings is 1. The molecule has 4 heteroatoms. The van der Waals surface area contributed by atoms with Crippen LogP contribution in [0.25, 0.3) is 0 Å². The van der Waals surface area contributed by atoms with Crippen molar-refractivity contribution in [3.63, 3.8) is 0 Å². The Morgan fingerprint density at radius 2 is 2.37 bits per heavy atom. The fourth-order valence-corrected chi connectivity index (χ4v) is 5.02. The maximum atomic E-state index is 6.11. The number of hydrogen-bond acceptors (Lipinski definition) is 3. The zero-order chi connectivity index (χ0) is 13.9. The average molecular weight is 345 g/mol. The van der Waals surface area contributed by atoms with Crippen molar-refractivity contribution in [3.8, 4) is 0 Å². The highest BCUT2D eigenvalue weighted by Gasteiger charge is 2.34. The maximum Gasteiger partial charge on any atom is 0.0325 e. The second-order valence-corrected chi connectivity index (χ2v) is 8.22. The zero-order valence-corrected chi connectivity index (χ0v) is 14.4. The lowest BCUT2D eigenvalue weighted by atomic mass is 9.70. The molecule has 0 aliphatic heterocycles. The third-order valence-electron chi connectivity index (χ3n) is 4.27. The van der Waals surface area contributed by atoms with Gasteiger partial charge in [-0.2, -0.15) is 0 Å². The van der Waals surface area contributed by atoms with Gasteiger partial charge in [0.1, 0.15) is 0 Å². The molecular formula is C15H25BrN2S. The first kappa shape index (κ1) is 15.5. The lowest BCUT2D eigenvalue weighted by Gasteiger charge is -2.41. The summed E-state index contributed by atoms with van der Waals surface area (Å²) >= 11 is 5.35. The van der Waals surface area contributed by atoms with Crippen molar-refractivity contribution in [2.75, 3.05) is 20.1 Å². The van der Waals surface area contributed by atoms with Crippen molar-refractivity contribution in [2.45, 2.75) is 39.2 Å². The minimum Gasteiger partial charge on any atom is -0.330 e. The Morgan fingerprint density at radius 1 is 1.58 bits per heavy atom. The second kappa shape index (κ2) is 6.70. The van der Waals surface area contributed by atoms with E-state index in [0.29, 0.717) is 5.41 Å². The van der Waals surface area contributed by atoms with E-state index in [9.17, 15) is 0 Å². The molecule has 1 saturated carbocycles. The van der Waals surface area contributed by atoms with Gasteiger partial charge in [-0.1, -0.05) is 19.8 Å². The van der Waals surface area contributed by atoms with Gasteiger partial charge in [-0.3, -0.25) is 0 Å². The molecule has 0 bridgehead atoms. The lowest BCUT2D eigenvalue weighted by molar-refractivity contribution is 0.0986. The zero-order valence-electron chi connectivity index (χ0n) is 12.0. The van der Waals surface area contributed by atoms with Crippen molar-refractivity contribution in [1.29, 1.82) is 0 Å². The minimum absolute atomic E-state index is 0.348. The summed E-state index contributed by atoms with van der Waals surface area (Å²) < 4.78 is 1.20. The van der Waals surface area contributed by atoms with E-state index >= 15 is 0 Å². The van der Waals surface area contributed by atoms with Crippen LogP contribution in [-0.2, 0) is 6.54 Å². The molecule has 19 heavy (non-hydrogen) atoms. The van der Waals surface area contributed by atoms with Crippen LogP contribution in [0.1, 0.15) is 37.5 Å². The Bertz CT molecular complexity index is 407. The third kappa shape index (κ3) is 4.28. The number of nitrogens with two attached hydrogens (primary N) is 1. The van der Waals surface area contributed by atoms with Gasteiger partial charge >= 0.3 is 0 Å². The molecule has 2 nitrogen and oxygen atoms in total. The molecule has 1 aromatic heterocycles. The van der Waals surface area contributed by atoms with E-state index in [2.05, 4.69) is 46.2 Å². The third-order valence-corrected chi connectivity index (χ3v) is 5.95. The van der Waals surface area contributed by atoms with E-state index in [4.69, 9.17) is 5.73 Å². The van der Waals surface area contributed by atoms with Gasteiger partial charge in [0, 0.05) is 27.8 Å². The molecule has 0 spiro atoms. The quantitative estimate of drug-likeness (QED) is 0.871. The van der Waals surface area contributed by atoms with Crippen molar-refractivity contribution >= 4 is 27.3 Å². The standard InChI is InChI=1S/C15H25BrN2S/c1-12-4-3-5-15(7-12,10-17)11-18(2)8-14-6-13(16)9-19-14/h6,9,12H,3-5,7-8,10-11,17H2,1-2H3. The molecule has 1 heterocycles. The fraction of sp³-hybridized carbons (Fsp3) is 0.733. The van der Waals surface area contributed by atoms with Crippen molar-refractivity contribution in [1.82, 2.24) is 4.90 Å². The summed E-state index contributed by atoms with van der Waals surface area (Å²) in [5, 5.41) is 2.16. The van der Waals surface area contributed by atoms with Crippen molar-refractivity contribution in [2.24, 2.45) is 17.1 Å². The first-order valence-electron chi connectivity index (χ1n) is 7.14. The highest BCUT2D eigenvalue weighted by Crippen LogP contribution is 2.39. The van der Waals surface area contributed by atoms with Gasteiger partial charge in [0.15, 0.2) is 0 Å². The maximum absolute atomic E-state index is 6.11. The first-order valence-corrected chi connectivity index (χ1v) is 8.82. The van der Waals surface area contributed by atoms with Crippen LogP contribution in [0.2, 0.25) is 0 Å². The lowest BCUT2D eigenvalue weighted by Crippen LogP contribution is -2.43. The fourth-order valence-electron chi connectivity index (χ4n) is 3.49. The summed E-state index contributed by atoms with van der Waals surface area (Å²) in [5.41, 5.74) is 6.46. The molecular weight excluding hydrogens is 320 g/mol. The number of halogens is 1. The van der Waals surface area contributed by atoms with Crippen LogP contribution >= 0.6 is 27.3 Å². The summed E-state index contributed by atoms with van der Waals surface area (Å²) in [6.07, 6.45) is 5.31. The van der Waals surface area contributed by atoms with E-state index in [0.717, 1.165) is 25.6 Å². The molecule has 1 aliphatic rings. The average Bonchev–Trinajstić information content (AvgIpc) is 2.74. The summed E-state index contributed by atoms with van der Waals surface area (Å²) in [6, 6.07) is 2.22. The molecule has 2 rings (SSSR count). The van der Waals surface area contributed by atoms with E-state index < -0.39 is 0 Å². The van der Waals surface area contributed by atoms with Crippen molar-refractivity contribution in [3.05, 3.63) is 20.8 Å². The van der Waals surface area contributed by atoms with E-state index in [1.165, 1.54) is 35.0 Å². The predicted octanol–water partition coefficient (Wildman–Crippen LogP) is 4.10. The SMILES string of the molecule is CC1CCCC(CN)(CN(C)Cc2cc(Br)cs2)C1. The van der Waals surface area contributed by atoms with E-state index in [1.54, 1.807) is 0 Å². The molecule has 2 unspecified atom stereocenters. The summed E-state index contributed by atoms with van der Waals surface area (Å²) in [5.74, 6) is 0.835. The molecule has 0 aromatic carbocycles. The molecule has 2 N–H and O–H groups in total. The van der Waals surface area contributed by atoms with Gasteiger partial charge in [0.05, 0.1) is 0 Å². The first-order chi connectivity index (χ1) is 9.03. The minimum atomic E-state index is 0.348. The number of nitrogens with zero attached hydrogens (tertiary/aromatic N) is 1. The molecule has 0 radical (unpaired) electrons. The van der Waals surface area contributed by atoms with E-state index in [-0.39, 0.29) is 0 Å². The van der Waals surface area contributed by atoms with Gasteiger partial charge < -0.3 is 10.6 Å².